The summed E-state index contributed by atoms with van der Waals surface area (Å²) in [5.74, 6) is 0.590. The Morgan fingerprint density at radius 3 is 2.28 bits per heavy atom. The molecular formula is C24H26N2O6. The van der Waals surface area contributed by atoms with E-state index < -0.39 is 11.9 Å². The average molecular weight is 438 g/mol. The van der Waals surface area contributed by atoms with Crippen LogP contribution in [0, 0.1) is 11.3 Å². The number of nitrogens with one attached hydrogen (secondary N) is 1. The maximum absolute atomic E-state index is 12.2. The quantitative estimate of drug-likeness (QED) is 0.262. The van der Waals surface area contributed by atoms with Crippen LogP contribution in [-0.2, 0) is 9.59 Å². The van der Waals surface area contributed by atoms with E-state index in [0.29, 0.717) is 23.7 Å². The van der Waals surface area contributed by atoms with E-state index in [1.54, 1.807) is 50.2 Å². The molecule has 0 unspecified atom stereocenters. The van der Waals surface area contributed by atoms with Gasteiger partial charge >= 0.3 is 5.97 Å². The van der Waals surface area contributed by atoms with Gasteiger partial charge in [-0.3, -0.25) is 4.79 Å². The van der Waals surface area contributed by atoms with Crippen molar-refractivity contribution < 1.29 is 28.5 Å². The maximum Gasteiger partial charge on any atom is 0.349 e. The summed E-state index contributed by atoms with van der Waals surface area (Å²) >= 11 is 0. The molecule has 0 aromatic heterocycles. The minimum Gasteiger partial charge on any atom is -0.494 e. The fourth-order valence-corrected chi connectivity index (χ4v) is 2.61. The molecule has 0 aliphatic rings. The van der Waals surface area contributed by atoms with Gasteiger partial charge in [0, 0.05) is 6.04 Å². The molecule has 2 aromatic carbocycles. The van der Waals surface area contributed by atoms with Crippen LogP contribution in [-0.4, -0.2) is 38.2 Å². The molecule has 0 fully saturated rings. The Bertz CT molecular complexity index is 1010. The molecule has 0 aliphatic heterocycles. The van der Waals surface area contributed by atoms with E-state index >= 15 is 0 Å². The van der Waals surface area contributed by atoms with Gasteiger partial charge in [0.05, 0.1) is 13.7 Å². The first-order valence-corrected chi connectivity index (χ1v) is 10.0. The van der Waals surface area contributed by atoms with Crippen LogP contribution in [0.3, 0.4) is 0 Å². The SMILES string of the molecule is CCOc1ccc(OCC(=O)Oc2ccc(/C=C(\C#N)C(=O)NC(C)C)cc2OC)cc1. The number of amides is 1. The second-order valence-corrected chi connectivity index (χ2v) is 6.88. The van der Waals surface area contributed by atoms with Crippen LogP contribution in [0.25, 0.3) is 6.08 Å². The lowest BCUT2D eigenvalue weighted by Gasteiger charge is -2.11. The number of esters is 1. The molecule has 1 N–H and O–H groups in total. The lowest BCUT2D eigenvalue weighted by molar-refractivity contribution is -0.136. The average Bonchev–Trinajstić information content (AvgIpc) is 2.77. The summed E-state index contributed by atoms with van der Waals surface area (Å²) in [5.41, 5.74) is 0.497. The third kappa shape index (κ3) is 7.36. The molecule has 0 atom stereocenters. The fraction of sp³-hybridized carbons (Fsp3) is 0.292. The summed E-state index contributed by atoms with van der Waals surface area (Å²) < 4.78 is 21.4. The van der Waals surface area contributed by atoms with Gasteiger partial charge in [-0.2, -0.15) is 5.26 Å². The summed E-state index contributed by atoms with van der Waals surface area (Å²) in [4.78, 5) is 24.3. The second kappa shape index (κ2) is 12.0. The number of carbonyl (C=O) groups is 2. The van der Waals surface area contributed by atoms with Gasteiger partial charge in [-0.25, -0.2) is 4.79 Å². The molecule has 8 nitrogen and oxygen atoms in total. The summed E-state index contributed by atoms with van der Waals surface area (Å²) in [6.07, 6.45) is 1.43. The van der Waals surface area contributed by atoms with Crippen molar-refractivity contribution in [2.24, 2.45) is 0 Å². The highest BCUT2D eigenvalue weighted by Gasteiger charge is 2.14. The van der Waals surface area contributed by atoms with E-state index in [1.807, 2.05) is 13.0 Å². The molecule has 0 heterocycles. The van der Waals surface area contributed by atoms with Crippen LogP contribution >= 0.6 is 0 Å². The molecule has 0 saturated carbocycles. The van der Waals surface area contributed by atoms with Gasteiger partial charge in [-0.15, -0.1) is 0 Å². The van der Waals surface area contributed by atoms with Gasteiger partial charge in [0.2, 0.25) is 0 Å². The van der Waals surface area contributed by atoms with E-state index in [2.05, 4.69) is 5.32 Å². The number of methoxy groups -OCH3 is 1. The predicted molar refractivity (Wildman–Crippen MR) is 119 cm³/mol. The molecule has 168 valence electrons. The first-order valence-electron chi connectivity index (χ1n) is 10.0. The Kier molecular flexibility index (Phi) is 9.11. The van der Waals surface area contributed by atoms with Gasteiger partial charge < -0.3 is 24.3 Å². The molecular weight excluding hydrogens is 412 g/mol. The first kappa shape index (κ1) is 24.3. The standard InChI is InChI=1S/C24H26N2O6/c1-5-30-19-7-9-20(10-8-19)31-15-23(27)32-21-11-6-17(13-22(21)29-4)12-18(14-25)24(28)26-16(2)3/h6-13,16H,5,15H2,1-4H3,(H,26,28)/b18-12+. The number of nitrogens with zero attached hydrogens (tertiary/aromatic N) is 1. The number of rotatable bonds is 10. The van der Waals surface area contributed by atoms with Crippen molar-refractivity contribution in [2.45, 2.75) is 26.8 Å². The van der Waals surface area contributed by atoms with Crippen LogP contribution in [0.5, 0.6) is 23.0 Å². The van der Waals surface area contributed by atoms with Gasteiger partial charge in [0.15, 0.2) is 18.1 Å². The normalized spacial score (nSPS) is 10.8. The van der Waals surface area contributed by atoms with Crippen molar-refractivity contribution in [2.75, 3.05) is 20.3 Å². The third-order valence-corrected chi connectivity index (χ3v) is 4.00. The number of benzene rings is 2. The predicted octanol–water partition coefficient (Wildman–Crippen LogP) is 3.51. The van der Waals surface area contributed by atoms with E-state index in [-0.39, 0.29) is 29.7 Å². The molecule has 2 aromatic rings. The van der Waals surface area contributed by atoms with Crippen molar-refractivity contribution in [3.05, 3.63) is 53.6 Å². The maximum atomic E-state index is 12.2. The highest BCUT2D eigenvalue weighted by atomic mass is 16.6. The Balaban J connectivity index is 2.04. The fourth-order valence-electron chi connectivity index (χ4n) is 2.61. The molecule has 1 amide bonds. The third-order valence-electron chi connectivity index (χ3n) is 4.00. The topological polar surface area (TPSA) is 107 Å². The molecule has 0 saturated heterocycles. The van der Waals surface area contributed by atoms with Crippen molar-refractivity contribution >= 4 is 18.0 Å². The van der Waals surface area contributed by atoms with Crippen molar-refractivity contribution in [3.8, 4) is 29.1 Å². The molecule has 0 bridgehead atoms. The van der Waals surface area contributed by atoms with Gasteiger partial charge in [0.1, 0.15) is 23.1 Å². The molecule has 0 radical (unpaired) electrons. The largest absolute Gasteiger partial charge is 0.494 e. The molecule has 0 spiro atoms. The zero-order valence-corrected chi connectivity index (χ0v) is 18.5. The summed E-state index contributed by atoms with van der Waals surface area (Å²) in [6.45, 7) is 5.76. The summed E-state index contributed by atoms with van der Waals surface area (Å²) in [6, 6.07) is 13.4. The smallest absolute Gasteiger partial charge is 0.349 e. The minimum absolute atomic E-state index is 0.0470. The molecule has 0 aliphatic carbocycles. The van der Waals surface area contributed by atoms with E-state index in [0.717, 1.165) is 0 Å². The number of ether oxygens (including phenoxy) is 4. The van der Waals surface area contributed by atoms with Crippen LogP contribution in [0.15, 0.2) is 48.0 Å². The zero-order chi connectivity index (χ0) is 23.5. The molecule has 2 rings (SSSR count). The molecule has 32 heavy (non-hydrogen) atoms. The number of hydrogen-bond acceptors (Lipinski definition) is 7. The molecule has 8 heteroatoms. The zero-order valence-electron chi connectivity index (χ0n) is 18.5. The van der Waals surface area contributed by atoms with Gasteiger partial charge in [-0.05, 0) is 68.8 Å². The van der Waals surface area contributed by atoms with Crippen molar-refractivity contribution in [1.29, 1.82) is 5.26 Å². The van der Waals surface area contributed by atoms with Gasteiger partial charge in [0.25, 0.3) is 5.91 Å². The van der Waals surface area contributed by atoms with E-state index in [1.165, 1.54) is 19.3 Å². The highest BCUT2D eigenvalue weighted by Crippen LogP contribution is 2.29. The first-order chi connectivity index (χ1) is 15.4. The Morgan fingerprint density at radius 2 is 1.72 bits per heavy atom. The minimum atomic E-state index is -0.616. The number of nitriles is 1. The second-order valence-electron chi connectivity index (χ2n) is 6.88. The Morgan fingerprint density at radius 1 is 1.06 bits per heavy atom. The lowest BCUT2D eigenvalue weighted by atomic mass is 10.1. The Labute approximate surface area is 187 Å². The van der Waals surface area contributed by atoms with Crippen molar-refractivity contribution in [3.63, 3.8) is 0 Å². The summed E-state index contributed by atoms with van der Waals surface area (Å²) in [5, 5.41) is 11.9. The van der Waals surface area contributed by atoms with Crippen LogP contribution < -0.4 is 24.3 Å². The lowest BCUT2D eigenvalue weighted by Crippen LogP contribution is -2.30. The van der Waals surface area contributed by atoms with E-state index in [9.17, 15) is 14.9 Å². The van der Waals surface area contributed by atoms with Crippen molar-refractivity contribution in [1.82, 2.24) is 5.32 Å². The van der Waals surface area contributed by atoms with Crippen LogP contribution in [0.2, 0.25) is 0 Å². The number of carbonyl (C=O) groups excluding carboxylic acids is 2. The monoisotopic (exact) mass is 438 g/mol. The van der Waals surface area contributed by atoms with Crippen LogP contribution in [0.1, 0.15) is 26.3 Å². The Hall–Kier alpha value is -3.99. The summed E-state index contributed by atoms with van der Waals surface area (Å²) in [7, 11) is 1.42. The van der Waals surface area contributed by atoms with Crippen LogP contribution in [0.4, 0.5) is 0 Å². The highest BCUT2D eigenvalue weighted by molar-refractivity contribution is 6.01. The number of hydrogen-bond donors (Lipinski definition) is 1. The van der Waals surface area contributed by atoms with Gasteiger partial charge in [-0.1, -0.05) is 6.07 Å². The van der Waals surface area contributed by atoms with E-state index in [4.69, 9.17) is 18.9 Å².